The number of para-hydroxylation sites is 1. The van der Waals surface area contributed by atoms with Crippen LogP contribution in [-0.4, -0.2) is 33.5 Å². The molecule has 0 saturated carbocycles. The van der Waals surface area contributed by atoms with E-state index in [2.05, 4.69) is 4.99 Å². The van der Waals surface area contributed by atoms with E-state index in [0.717, 1.165) is 11.3 Å². The Labute approximate surface area is 123 Å². The summed E-state index contributed by atoms with van der Waals surface area (Å²) >= 11 is 0.975. The second-order valence-corrected chi connectivity index (χ2v) is 4.84. The summed E-state index contributed by atoms with van der Waals surface area (Å²) in [5, 5.41) is 19.8. The number of amides is 1. The molecule has 2 N–H and O–H groups in total. The van der Waals surface area contributed by atoms with Crippen molar-refractivity contribution in [3.05, 3.63) is 46.2 Å². The zero-order valence-electron chi connectivity index (χ0n) is 10.8. The van der Waals surface area contributed by atoms with E-state index >= 15 is 0 Å². The first-order chi connectivity index (χ1) is 10.1. The number of hydrogen-bond donors (Lipinski definition) is 2. The third-order valence-electron chi connectivity index (χ3n) is 2.41. The number of rotatable bonds is 5. The average Bonchev–Trinajstić information content (AvgIpc) is 2.79. The van der Waals surface area contributed by atoms with E-state index in [4.69, 9.17) is 9.84 Å². The van der Waals surface area contributed by atoms with Gasteiger partial charge in [0, 0.05) is 5.38 Å². The second kappa shape index (κ2) is 6.71. The maximum Gasteiger partial charge on any atom is 0.309 e. The topological polar surface area (TPSA) is 101 Å². The third-order valence-corrected chi connectivity index (χ3v) is 3.28. The third kappa shape index (κ3) is 4.18. The Kier molecular flexibility index (Phi) is 4.72. The predicted octanol–water partition coefficient (Wildman–Crippen LogP) is 0.920. The lowest BCUT2D eigenvalue weighted by molar-refractivity contribution is -0.136. The van der Waals surface area contributed by atoms with E-state index in [1.54, 1.807) is 24.3 Å². The molecule has 0 fully saturated rings. The van der Waals surface area contributed by atoms with Crippen molar-refractivity contribution in [2.75, 3.05) is 6.61 Å². The average molecular weight is 308 g/mol. The summed E-state index contributed by atoms with van der Waals surface area (Å²) in [5.74, 6) is -1.12. The van der Waals surface area contributed by atoms with Crippen molar-refractivity contribution in [1.29, 1.82) is 0 Å². The zero-order chi connectivity index (χ0) is 15.2. The molecule has 0 aliphatic rings. The molecule has 0 saturated heterocycles. The molecule has 2 rings (SSSR count). The van der Waals surface area contributed by atoms with Crippen LogP contribution in [0.15, 0.2) is 40.7 Å². The monoisotopic (exact) mass is 308 g/mol. The quantitative estimate of drug-likeness (QED) is 0.800. The highest BCUT2D eigenvalue weighted by molar-refractivity contribution is 7.07. The van der Waals surface area contributed by atoms with Gasteiger partial charge in [-0.25, -0.2) is 0 Å². The van der Waals surface area contributed by atoms with Crippen LogP contribution in [0.25, 0.3) is 0 Å². The summed E-state index contributed by atoms with van der Waals surface area (Å²) < 4.78 is 5.82. The first-order valence-corrected chi connectivity index (χ1v) is 6.80. The number of carbonyl (C=O) groups is 2. The maximum atomic E-state index is 11.6. The van der Waals surface area contributed by atoms with Crippen LogP contribution in [0.3, 0.4) is 0 Å². The van der Waals surface area contributed by atoms with E-state index in [1.807, 2.05) is 6.07 Å². The van der Waals surface area contributed by atoms with E-state index in [1.165, 1.54) is 5.38 Å². The highest BCUT2D eigenvalue weighted by Gasteiger charge is 2.09. The fourth-order valence-corrected chi connectivity index (χ4v) is 2.29. The number of hydrogen-bond acceptors (Lipinski definition) is 5. The molecule has 1 aromatic carbocycles. The summed E-state index contributed by atoms with van der Waals surface area (Å²) in [5.41, 5.74) is 0.156. The highest BCUT2D eigenvalue weighted by atomic mass is 32.1. The summed E-state index contributed by atoms with van der Waals surface area (Å²) in [7, 11) is 0. The molecule has 2 aromatic rings. The Morgan fingerprint density at radius 2 is 2.00 bits per heavy atom. The molecule has 8 heteroatoms. The molecule has 7 nitrogen and oxygen atoms in total. The van der Waals surface area contributed by atoms with Crippen molar-refractivity contribution in [3.8, 4) is 5.75 Å². The van der Waals surface area contributed by atoms with Crippen molar-refractivity contribution in [2.24, 2.45) is 4.99 Å². The summed E-state index contributed by atoms with van der Waals surface area (Å²) in [4.78, 5) is 25.9. The van der Waals surface area contributed by atoms with Gasteiger partial charge in [0.2, 0.25) is 4.80 Å². The van der Waals surface area contributed by atoms with Crippen LogP contribution >= 0.6 is 11.3 Å². The number of aliphatic carboxylic acids is 1. The molecule has 0 aliphatic heterocycles. The number of carboxylic acids is 1. The molecule has 1 heterocycles. The van der Waals surface area contributed by atoms with Crippen LogP contribution in [0.5, 0.6) is 5.75 Å². The van der Waals surface area contributed by atoms with Crippen LogP contribution < -0.4 is 9.54 Å². The molecular formula is C13H12N2O5S. The minimum atomic E-state index is -1.08. The molecule has 110 valence electrons. The molecular weight excluding hydrogens is 296 g/mol. The van der Waals surface area contributed by atoms with Crippen molar-refractivity contribution >= 4 is 23.2 Å². The predicted molar refractivity (Wildman–Crippen MR) is 73.3 cm³/mol. The SMILES string of the molecule is O=C(O)Cc1csc(=NC(=O)COc2ccccc2)n1O. The van der Waals surface area contributed by atoms with Crippen molar-refractivity contribution in [2.45, 2.75) is 6.42 Å². The van der Waals surface area contributed by atoms with Crippen molar-refractivity contribution in [1.82, 2.24) is 4.73 Å². The Hall–Kier alpha value is -2.61. The van der Waals surface area contributed by atoms with Gasteiger partial charge >= 0.3 is 5.97 Å². The van der Waals surface area contributed by atoms with Gasteiger partial charge in [0.25, 0.3) is 5.91 Å². The van der Waals surface area contributed by atoms with E-state index in [0.29, 0.717) is 10.5 Å². The second-order valence-electron chi connectivity index (χ2n) is 4.00. The van der Waals surface area contributed by atoms with Crippen LogP contribution in [-0.2, 0) is 16.0 Å². The van der Waals surface area contributed by atoms with Crippen molar-refractivity contribution < 1.29 is 24.6 Å². The number of nitrogens with zero attached hydrogens (tertiary/aromatic N) is 2. The van der Waals surface area contributed by atoms with Crippen LogP contribution in [0.4, 0.5) is 0 Å². The van der Waals surface area contributed by atoms with Gasteiger partial charge in [-0.2, -0.15) is 9.72 Å². The first-order valence-electron chi connectivity index (χ1n) is 5.92. The molecule has 0 radical (unpaired) electrons. The molecule has 1 aromatic heterocycles. The molecule has 0 aliphatic carbocycles. The summed E-state index contributed by atoms with van der Waals surface area (Å²) in [6, 6.07) is 8.78. The van der Waals surface area contributed by atoms with E-state index < -0.39 is 11.9 Å². The number of benzene rings is 1. The van der Waals surface area contributed by atoms with Gasteiger partial charge in [0.05, 0.1) is 12.1 Å². The lowest BCUT2D eigenvalue weighted by Gasteiger charge is -2.02. The lowest BCUT2D eigenvalue weighted by Crippen LogP contribution is -2.20. The van der Waals surface area contributed by atoms with Crippen LogP contribution in [0.1, 0.15) is 5.69 Å². The van der Waals surface area contributed by atoms with Crippen LogP contribution in [0, 0.1) is 0 Å². The normalized spacial score (nSPS) is 11.3. The first kappa shape index (κ1) is 14.8. The Morgan fingerprint density at radius 1 is 1.29 bits per heavy atom. The van der Waals surface area contributed by atoms with Gasteiger partial charge < -0.3 is 15.1 Å². The highest BCUT2D eigenvalue weighted by Crippen LogP contribution is 2.08. The van der Waals surface area contributed by atoms with E-state index in [-0.39, 0.29) is 23.5 Å². The largest absolute Gasteiger partial charge is 0.484 e. The fraction of sp³-hybridized carbons (Fsp3) is 0.154. The molecule has 0 spiro atoms. The van der Waals surface area contributed by atoms with Crippen molar-refractivity contribution in [3.63, 3.8) is 0 Å². The van der Waals surface area contributed by atoms with E-state index in [9.17, 15) is 14.8 Å². The van der Waals surface area contributed by atoms with Gasteiger partial charge in [-0.15, -0.1) is 11.3 Å². The Bertz CT molecular complexity index is 705. The van der Waals surface area contributed by atoms with Crippen LogP contribution in [0.2, 0.25) is 0 Å². The smallest absolute Gasteiger partial charge is 0.309 e. The minimum Gasteiger partial charge on any atom is -0.484 e. The summed E-state index contributed by atoms with van der Waals surface area (Å²) in [6.45, 7) is -0.268. The Morgan fingerprint density at radius 3 is 2.67 bits per heavy atom. The van der Waals surface area contributed by atoms with Gasteiger partial charge in [0.15, 0.2) is 6.61 Å². The maximum absolute atomic E-state index is 11.6. The minimum absolute atomic E-state index is 0.00733. The number of thiazole rings is 1. The zero-order valence-corrected chi connectivity index (χ0v) is 11.6. The van der Waals surface area contributed by atoms with Gasteiger partial charge in [-0.3, -0.25) is 9.59 Å². The van der Waals surface area contributed by atoms with Gasteiger partial charge in [-0.05, 0) is 12.1 Å². The molecule has 0 bridgehead atoms. The molecule has 0 unspecified atom stereocenters. The molecule has 21 heavy (non-hydrogen) atoms. The number of ether oxygens (including phenoxy) is 1. The fourth-order valence-electron chi connectivity index (χ4n) is 1.49. The van der Waals surface area contributed by atoms with Gasteiger partial charge in [-0.1, -0.05) is 18.2 Å². The number of carbonyl (C=O) groups excluding carboxylic acids is 1. The molecule has 1 amide bonds. The summed E-state index contributed by atoms with van der Waals surface area (Å²) in [6.07, 6.45) is -0.350. The molecule has 0 atom stereocenters. The number of aromatic nitrogens is 1. The standard InChI is InChI=1S/C13H12N2O5S/c16-11(7-20-10-4-2-1-3-5-10)14-13-15(19)9(8-21-13)6-12(17)18/h1-5,8,19H,6-7H2,(H,17,18). The Balaban J connectivity index is 2.04. The lowest BCUT2D eigenvalue weighted by atomic mass is 10.3. The van der Waals surface area contributed by atoms with Gasteiger partial charge in [0.1, 0.15) is 5.75 Å². The number of carboxylic acid groups (broad SMARTS) is 1.